The van der Waals surface area contributed by atoms with E-state index in [1.165, 1.54) is 30.4 Å². The highest BCUT2D eigenvalue weighted by Gasteiger charge is 2.07. The Balaban J connectivity index is 1.91. The minimum atomic E-state index is -0.464. The molecule has 0 unspecified atom stereocenters. The van der Waals surface area contributed by atoms with Crippen molar-refractivity contribution in [1.29, 1.82) is 5.26 Å². The monoisotopic (exact) mass is 364 g/mol. The Morgan fingerprint density at radius 1 is 1.19 bits per heavy atom. The zero-order valence-electron chi connectivity index (χ0n) is 14.8. The summed E-state index contributed by atoms with van der Waals surface area (Å²) in [5, 5.41) is 30.7. The van der Waals surface area contributed by atoms with Crippen LogP contribution in [0.1, 0.15) is 11.1 Å². The summed E-state index contributed by atoms with van der Waals surface area (Å²) >= 11 is 0. The number of ether oxygens (including phenoxy) is 1. The van der Waals surface area contributed by atoms with Gasteiger partial charge in [0.05, 0.1) is 7.11 Å². The number of aromatic hydroxyl groups is 2. The molecule has 1 amide bonds. The Bertz CT molecular complexity index is 873. The van der Waals surface area contributed by atoms with E-state index in [2.05, 4.69) is 5.32 Å². The van der Waals surface area contributed by atoms with Gasteiger partial charge < -0.3 is 20.3 Å². The highest BCUT2D eigenvalue weighted by Crippen LogP contribution is 2.21. The molecular formula is C21H20N2O4. The molecule has 6 heteroatoms. The summed E-state index contributed by atoms with van der Waals surface area (Å²) in [6, 6.07) is 13.5. The number of phenols is 2. The molecule has 2 aromatic carbocycles. The number of nitrogens with zero attached hydrogens (tertiary/aromatic N) is 1. The first-order chi connectivity index (χ1) is 13.0. The van der Waals surface area contributed by atoms with Gasteiger partial charge in [0.1, 0.15) is 28.9 Å². The van der Waals surface area contributed by atoms with Crippen LogP contribution >= 0.6 is 0 Å². The summed E-state index contributed by atoms with van der Waals surface area (Å²) in [5.41, 5.74) is 1.55. The number of nitriles is 1. The third-order valence-electron chi connectivity index (χ3n) is 3.70. The molecule has 0 fully saturated rings. The smallest absolute Gasteiger partial charge is 0.261 e. The van der Waals surface area contributed by atoms with Crippen LogP contribution in [-0.2, 0) is 11.2 Å². The number of rotatable bonds is 7. The van der Waals surface area contributed by atoms with Crippen LogP contribution in [0.2, 0.25) is 0 Å². The van der Waals surface area contributed by atoms with E-state index in [1.807, 2.05) is 30.3 Å². The van der Waals surface area contributed by atoms with Crippen molar-refractivity contribution in [1.82, 2.24) is 5.32 Å². The number of methoxy groups -OCH3 is 1. The fourth-order valence-corrected chi connectivity index (χ4v) is 2.34. The lowest BCUT2D eigenvalue weighted by atomic mass is 10.1. The largest absolute Gasteiger partial charge is 0.508 e. The Morgan fingerprint density at radius 2 is 1.85 bits per heavy atom. The predicted octanol–water partition coefficient (Wildman–Crippen LogP) is 2.93. The van der Waals surface area contributed by atoms with Gasteiger partial charge in [0.15, 0.2) is 0 Å². The van der Waals surface area contributed by atoms with Crippen LogP contribution in [0, 0.1) is 11.3 Å². The molecule has 2 aromatic rings. The van der Waals surface area contributed by atoms with Crippen LogP contribution in [0.3, 0.4) is 0 Å². The quantitative estimate of drug-likeness (QED) is 0.398. The summed E-state index contributed by atoms with van der Waals surface area (Å²) in [6.45, 7) is 0.397. The number of phenolic OH excluding ortho intramolecular Hbond substituents is 2. The van der Waals surface area contributed by atoms with E-state index in [9.17, 15) is 15.0 Å². The Hall–Kier alpha value is -3.72. The molecule has 0 aromatic heterocycles. The Morgan fingerprint density at radius 3 is 2.44 bits per heavy atom. The second kappa shape index (κ2) is 9.68. The van der Waals surface area contributed by atoms with Gasteiger partial charge in [-0.25, -0.2) is 0 Å². The van der Waals surface area contributed by atoms with Gasteiger partial charge in [0.25, 0.3) is 5.91 Å². The van der Waals surface area contributed by atoms with Gasteiger partial charge in [0, 0.05) is 12.6 Å². The molecule has 0 aliphatic rings. The van der Waals surface area contributed by atoms with Crippen LogP contribution in [0.4, 0.5) is 0 Å². The zero-order valence-corrected chi connectivity index (χ0v) is 14.8. The molecule has 2 rings (SSSR count). The molecule has 0 aliphatic carbocycles. The lowest BCUT2D eigenvalue weighted by Crippen LogP contribution is -2.26. The normalized spacial score (nSPS) is 11.2. The van der Waals surface area contributed by atoms with Crippen LogP contribution in [0.25, 0.3) is 6.08 Å². The number of nitrogens with one attached hydrogen (secondary N) is 1. The van der Waals surface area contributed by atoms with Gasteiger partial charge >= 0.3 is 0 Å². The van der Waals surface area contributed by atoms with Crippen molar-refractivity contribution in [3.8, 4) is 23.3 Å². The summed E-state index contributed by atoms with van der Waals surface area (Å²) in [6.07, 6.45) is 5.09. The van der Waals surface area contributed by atoms with E-state index in [-0.39, 0.29) is 17.1 Å². The summed E-state index contributed by atoms with van der Waals surface area (Å²) < 4.78 is 5.09. The minimum Gasteiger partial charge on any atom is -0.508 e. The number of hydrogen-bond donors (Lipinski definition) is 3. The van der Waals surface area contributed by atoms with Gasteiger partial charge in [-0.3, -0.25) is 4.79 Å². The maximum absolute atomic E-state index is 12.1. The molecule has 0 bridgehead atoms. The van der Waals surface area contributed by atoms with Crippen LogP contribution in [-0.4, -0.2) is 29.8 Å². The summed E-state index contributed by atoms with van der Waals surface area (Å²) in [5.74, 6) is 0.157. The van der Waals surface area contributed by atoms with Crippen LogP contribution < -0.4 is 10.1 Å². The number of allylic oxidation sites excluding steroid dienone is 2. The van der Waals surface area contributed by atoms with Gasteiger partial charge in [-0.1, -0.05) is 24.3 Å². The van der Waals surface area contributed by atoms with Crippen molar-refractivity contribution < 1.29 is 19.7 Å². The third kappa shape index (κ3) is 6.25. The topological polar surface area (TPSA) is 103 Å². The average molecular weight is 364 g/mol. The van der Waals surface area contributed by atoms with Crippen LogP contribution in [0.15, 0.2) is 60.2 Å². The fourth-order valence-electron chi connectivity index (χ4n) is 2.34. The van der Waals surface area contributed by atoms with E-state index >= 15 is 0 Å². The zero-order chi connectivity index (χ0) is 19.6. The summed E-state index contributed by atoms with van der Waals surface area (Å²) in [7, 11) is 1.60. The number of hydrogen-bond acceptors (Lipinski definition) is 5. The highest BCUT2D eigenvalue weighted by atomic mass is 16.5. The van der Waals surface area contributed by atoms with Crippen molar-refractivity contribution in [3.05, 3.63) is 71.3 Å². The van der Waals surface area contributed by atoms with Gasteiger partial charge in [-0.05, 0) is 47.9 Å². The molecular weight excluding hydrogens is 344 g/mol. The number of carbonyl (C=O) groups is 1. The maximum atomic E-state index is 12.1. The second-order valence-corrected chi connectivity index (χ2v) is 5.69. The first-order valence-corrected chi connectivity index (χ1v) is 8.24. The summed E-state index contributed by atoms with van der Waals surface area (Å²) in [4.78, 5) is 12.1. The molecule has 0 heterocycles. The molecule has 0 spiro atoms. The average Bonchev–Trinajstić information content (AvgIpc) is 2.65. The van der Waals surface area contributed by atoms with E-state index in [1.54, 1.807) is 13.2 Å². The number of benzene rings is 2. The SMILES string of the molecule is COc1ccc(CCNC(=O)/C(C#N)=C/C=C/c2cc(O)cc(O)c2)cc1. The number of carbonyl (C=O) groups excluding carboxylic acids is 1. The second-order valence-electron chi connectivity index (χ2n) is 5.69. The fraction of sp³-hybridized carbons (Fsp3) is 0.143. The van der Waals surface area contributed by atoms with Gasteiger partial charge in [-0.15, -0.1) is 0 Å². The van der Waals surface area contributed by atoms with E-state index in [0.717, 1.165) is 11.3 Å². The molecule has 6 nitrogen and oxygen atoms in total. The standard InChI is InChI=1S/C21H20N2O4/c1-27-20-7-5-15(6-8-20)9-10-23-21(26)17(14-22)4-2-3-16-11-18(24)13-19(25)12-16/h2-8,11-13,24-25H,9-10H2,1H3,(H,23,26)/b3-2+,17-4+. The van der Waals surface area contributed by atoms with Crippen molar-refractivity contribution >= 4 is 12.0 Å². The molecule has 0 aliphatic heterocycles. The lowest BCUT2D eigenvalue weighted by molar-refractivity contribution is -0.117. The van der Waals surface area contributed by atoms with Gasteiger partial charge in [0.2, 0.25) is 0 Å². The lowest BCUT2D eigenvalue weighted by Gasteiger charge is -2.05. The first-order valence-electron chi connectivity index (χ1n) is 8.24. The van der Waals surface area contributed by atoms with Crippen LogP contribution in [0.5, 0.6) is 17.2 Å². The van der Waals surface area contributed by atoms with Crippen molar-refractivity contribution in [2.24, 2.45) is 0 Å². The molecule has 27 heavy (non-hydrogen) atoms. The van der Waals surface area contributed by atoms with Crippen molar-refractivity contribution in [2.45, 2.75) is 6.42 Å². The maximum Gasteiger partial charge on any atom is 0.261 e. The molecule has 0 atom stereocenters. The third-order valence-corrected chi connectivity index (χ3v) is 3.70. The first kappa shape index (κ1) is 19.6. The minimum absolute atomic E-state index is 0.0367. The number of amides is 1. The molecule has 138 valence electrons. The van der Waals surface area contributed by atoms with Crippen molar-refractivity contribution in [3.63, 3.8) is 0 Å². The Kier molecular flexibility index (Phi) is 7.03. The molecule has 0 radical (unpaired) electrons. The molecule has 0 saturated heterocycles. The Labute approximate surface area is 157 Å². The molecule has 0 saturated carbocycles. The van der Waals surface area contributed by atoms with Crippen molar-refractivity contribution in [2.75, 3.05) is 13.7 Å². The predicted molar refractivity (Wildman–Crippen MR) is 102 cm³/mol. The van der Waals surface area contributed by atoms with E-state index in [0.29, 0.717) is 18.5 Å². The van der Waals surface area contributed by atoms with E-state index < -0.39 is 5.91 Å². The highest BCUT2D eigenvalue weighted by molar-refractivity contribution is 5.97. The molecule has 3 N–H and O–H groups in total. The van der Waals surface area contributed by atoms with E-state index in [4.69, 9.17) is 10.00 Å². The van der Waals surface area contributed by atoms with Gasteiger partial charge in [-0.2, -0.15) is 5.26 Å².